The zero-order valence-corrected chi connectivity index (χ0v) is 12.3. The number of ether oxygens (including phenoxy) is 1. The summed E-state index contributed by atoms with van der Waals surface area (Å²) in [6.45, 7) is 6.55. The molecule has 0 bridgehead atoms. The van der Waals surface area contributed by atoms with Crippen LogP contribution in [0, 0.1) is 0 Å². The maximum Gasteiger partial charge on any atom is 0.123 e. The molecule has 0 aliphatic heterocycles. The van der Waals surface area contributed by atoms with Crippen LogP contribution in [0.1, 0.15) is 44.4 Å². The number of rotatable bonds is 7. The van der Waals surface area contributed by atoms with Crippen LogP contribution in [0.5, 0.6) is 5.75 Å². The van der Waals surface area contributed by atoms with Gasteiger partial charge in [0.1, 0.15) is 5.75 Å². The molecule has 2 atom stereocenters. The normalized spacial score (nSPS) is 14.2. The number of hydrogen-bond donors (Lipinski definition) is 1. The van der Waals surface area contributed by atoms with Crippen LogP contribution in [0.3, 0.4) is 0 Å². The van der Waals surface area contributed by atoms with Gasteiger partial charge in [0.2, 0.25) is 0 Å². The molecule has 0 radical (unpaired) electrons. The molecule has 0 aliphatic carbocycles. The van der Waals surface area contributed by atoms with Crippen molar-refractivity contribution in [2.75, 3.05) is 12.4 Å². The Hall–Kier alpha value is -0.870. The average Bonchev–Trinajstić information content (AvgIpc) is 2.31. The van der Waals surface area contributed by atoms with Crippen molar-refractivity contribution >= 4 is 10.8 Å². The van der Waals surface area contributed by atoms with Gasteiger partial charge in [-0.25, -0.2) is 0 Å². The van der Waals surface area contributed by atoms with Gasteiger partial charge >= 0.3 is 0 Å². The van der Waals surface area contributed by atoms with Crippen LogP contribution < -0.4 is 10.5 Å². The van der Waals surface area contributed by atoms with Gasteiger partial charge in [-0.15, -0.1) is 0 Å². The fraction of sp³-hybridized carbons (Fsp3) is 0.571. The molecule has 4 heteroatoms. The molecule has 0 saturated carbocycles. The van der Waals surface area contributed by atoms with Crippen molar-refractivity contribution in [2.45, 2.75) is 39.0 Å². The molecule has 0 heterocycles. The van der Waals surface area contributed by atoms with Crippen molar-refractivity contribution in [3.05, 3.63) is 29.3 Å². The second kappa shape index (κ2) is 7.54. The number of nitrogens with two attached hydrogens (primary N) is 1. The molecule has 1 rings (SSSR count). The molecule has 0 saturated heterocycles. The van der Waals surface area contributed by atoms with Gasteiger partial charge in [0.05, 0.1) is 12.4 Å². The van der Waals surface area contributed by atoms with Gasteiger partial charge in [-0.2, -0.15) is 0 Å². The van der Waals surface area contributed by atoms with E-state index in [9.17, 15) is 4.21 Å². The van der Waals surface area contributed by atoms with Crippen LogP contribution in [-0.4, -0.2) is 16.6 Å². The summed E-state index contributed by atoms with van der Waals surface area (Å²) in [6.07, 6.45) is 0.934. The molecule has 0 amide bonds. The third-order valence-corrected chi connectivity index (χ3v) is 4.16. The first-order valence-corrected chi connectivity index (χ1v) is 7.93. The molecule has 0 aliphatic rings. The first-order chi connectivity index (χ1) is 8.58. The van der Waals surface area contributed by atoms with Gasteiger partial charge in [0, 0.05) is 28.2 Å². The lowest BCUT2D eigenvalue weighted by molar-refractivity contribution is 0.337. The van der Waals surface area contributed by atoms with Gasteiger partial charge < -0.3 is 10.5 Å². The topological polar surface area (TPSA) is 52.3 Å². The smallest absolute Gasteiger partial charge is 0.123 e. The minimum atomic E-state index is -0.827. The second-order valence-corrected chi connectivity index (χ2v) is 5.95. The zero-order chi connectivity index (χ0) is 13.5. The highest BCUT2D eigenvalue weighted by Crippen LogP contribution is 2.24. The van der Waals surface area contributed by atoms with Gasteiger partial charge in [-0.05, 0) is 38.0 Å². The molecule has 1 aromatic carbocycles. The van der Waals surface area contributed by atoms with E-state index >= 15 is 0 Å². The summed E-state index contributed by atoms with van der Waals surface area (Å²) < 4.78 is 17.4. The van der Waals surface area contributed by atoms with Gasteiger partial charge in [-0.3, -0.25) is 4.21 Å². The molecule has 102 valence electrons. The summed E-state index contributed by atoms with van der Waals surface area (Å²) >= 11 is 0. The van der Waals surface area contributed by atoms with Crippen molar-refractivity contribution in [1.82, 2.24) is 0 Å². The lowest BCUT2D eigenvalue weighted by Crippen LogP contribution is -2.08. The van der Waals surface area contributed by atoms with E-state index in [2.05, 4.69) is 0 Å². The highest BCUT2D eigenvalue weighted by atomic mass is 32.2. The first-order valence-electron chi connectivity index (χ1n) is 6.44. The Morgan fingerprint density at radius 1 is 1.39 bits per heavy atom. The standard InChI is InChI=1S/C14H23NO2S/c1-4-8-18(16)10-13-9-12(11(3)15)6-7-14(13)17-5-2/h6-7,9,11H,4-5,8,10,15H2,1-3H3. The summed E-state index contributed by atoms with van der Waals surface area (Å²) in [4.78, 5) is 0. The van der Waals surface area contributed by atoms with Crippen molar-refractivity contribution in [3.8, 4) is 5.75 Å². The largest absolute Gasteiger partial charge is 0.494 e. The van der Waals surface area contributed by atoms with E-state index < -0.39 is 10.8 Å². The zero-order valence-electron chi connectivity index (χ0n) is 11.4. The molecule has 2 N–H and O–H groups in total. The predicted molar refractivity (Wildman–Crippen MR) is 77.2 cm³/mol. The first kappa shape index (κ1) is 15.2. The van der Waals surface area contributed by atoms with Crippen molar-refractivity contribution in [2.24, 2.45) is 5.73 Å². The van der Waals surface area contributed by atoms with Crippen LogP contribution in [0.4, 0.5) is 0 Å². The van der Waals surface area contributed by atoms with Crippen LogP contribution >= 0.6 is 0 Å². The average molecular weight is 269 g/mol. The Morgan fingerprint density at radius 3 is 2.67 bits per heavy atom. The molecule has 0 aromatic heterocycles. The summed E-state index contributed by atoms with van der Waals surface area (Å²) in [7, 11) is -0.827. The number of benzene rings is 1. The van der Waals surface area contributed by atoms with Crippen molar-refractivity contribution < 1.29 is 8.95 Å². The van der Waals surface area contributed by atoms with E-state index in [0.717, 1.165) is 29.1 Å². The van der Waals surface area contributed by atoms with E-state index in [1.165, 1.54) is 0 Å². The van der Waals surface area contributed by atoms with Crippen molar-refractivity contribution in [3.63, 3.8) is 0 Å². The quantitative estimate of drug-likeness (QED) is 0.828. The Labute approximate surface area is 112 Å². The molecule has 18 heavy (non-hydrogen) atoms. The van der Waals surface area contributed by atoms with E-state index in [1.807, 2.05) is 39.0 Å². The molecular formula is C14H23NO2S. The Morgan fingerprint density at radius 2 is 2.11 bits per heavy atom. The highest BCUT2D eigenvalue weighted by molar-refractivity contribution is 7.84. The molecule has 2 unspecified atom stereocenters. The molecule has 1 aromatic rings. The molecule has 0 fully saturated rings. The predicted octanol–water partition coefficient (Wildman–Crippen LogP) is 2.76. The van der Waals surface area contributed by atoms with E-state index in [4.69, 9.17) is 10.5 Å². The van der Waals surface area contributed by atoms with Crippen molar-refractivity contribution in [1.29, 1.82) is 0 Å². The minimum Gasteiger partial charge on any atom is -0.494 e. The van der Waals surface area contributed by atoms with E-state index in [0.29, 0.717) is 12.4 Å². The Balaban J connectivity index is 2.95. The lowest BCUT2D eigenvalue weighted by Gasteiger charge is -2.13. The maximum absolute atomic E-state index is 11.9. The second-order valence-electron chi connectivity index (χ2n) is 4.38. The highest BCUT2D eigenvalue weighted by Gasteiger charge is 2.10. The lowest BCUT2D eigenvalue weighted by atomic mass is 10.1. The maximum atomic E-state index is 11.9. The van der Waals surface area contributed by atoms with Crippen LogP contribution in [-0.2, 0) is 16.6 Å². The fourth-order valence-electron chi connectivity index (χ4n) is 1.76. The molecule has 0 spiro atoms. The SMILES string of the molecule is CCCS(=O)Cc1cc(C(C)N)ccc1OCC. The summed E-state index contributed by atoms with van der Waals surface area (Å²) in [6, 6.07) is 5.91. The summed E-state index contributed by atoms with van der Waals surface area (Å²) in [5, 5.41) is 0. The summed E-state index contributed by atoms with van der Waals surface area (Å²) in [5.41, 5.74) is 7.94. The van der Waals surface area contributed by atoms with E-state index in [1.54, 1.807) is 0 Å². The van der Waals surface area contributed by atoms with Crippen LogP contribution in [0.15, 0.2) is 18.2 Å². The monoisotopic (exact) mass is 269 g/mol. The Kier molecular flexibility index (Phi) is 6.36. The van der Waals surface area contributed by atoms with Crippen LogP contribution in [0.2, 0.25) is 0 Å². The van der Waals surface area contributed by atoms with Crippen LogP contribution in [0.25, 0.3) is 0 Å². The summed E-state index contributed by atoms with van der Waals surface area (Å²) in [5.74, 6) is 2.10. The fourth-order valence-corrected chi connectivity index (χ4v) is 2.94. The third kappa shape index (κ3) is 4.42. The van der Waals surface area contributed by atoms with Gasteiger partial charge in [-0.1, -0.05) is 13.0 Å². The molecular weight excluding hydrogens is 246 g/mol. The van der Waals surface area contributed by atoms with Gasteiger partial charge in [0.25, 0.3) is 0 Å². The minimum absolute atomic E-state index is 0.0148. The molecule has 3 nitrogen and oxygen atoms in total. The Bertz CT molecular complexity index is 405. The van der Waals surface area contributed by atoms with Gasteiger partial charge in [0.15, 0.2) is 0 Å². The van der Waals surface area contributed by atoms with E-state index in [-0.39, 0.29) is 6.04 Å². The number of hydrogen-bond acceptors (Lipinski definition) is 3. The third-order valence-electron chi connectivity index (χ3n) is 2.66.